The first-order valence-corrected chi connectivity index (χ1v) is 15.5. The third-order valence-corrected chi connectivity index (χ3v) is 8.89. The minimum absolute atomic E-state index is 0.143. The fourth-order valence-corrected chi connectivity index (χ4v) is 6.46. The standard InChI is InChI=1S/C34H54O2S/c1-11-12-13-14-15-16-17-37-25(4)20-28(26-21-29(33(5,6)7)31(35)18-23(26)2)27-22-30(34(8,9)10)32(36)19-24(27)3/h18-19,21-22,25,28,35-36H,11-17,20H2,1-10H3. The van der Waals surface area contributed by atoms with Crippen LogP contribution in [0.5, 0.6) is 11.5 Å². The van der Waals surface area contributed by atoms with E-state index in [1.165, 1.54) is 55.4 Å². The van der Waals surface area contributed by atoms with Crippen LogP contribution in [0.1, 0.15) is 140 Å². The number of phenolic OH excluding ortho intramolecular Hbond substituents is 2. The Morgan fingerprint density at radius 3 is 1.57 bits per heavy atom. The maximum atomic E-state index is 10.8. The smallest absolute Gasteiger partial charge is 0.119 e. The molecule has 0 aromatic heterocycles. The van der Waals surface area contributed by atoms with Gasteiger partial charge in [0.2, 0.25) is 0 Å². The first-order chi connectivity index (χ1) is 17.2. The van der Waals surface area contributed by atoms with E-state index < -0.39 is 0 Å². The Hall–Kier alpha value is -1.61. The molecule has 208 valence electrons. The predicted molar refractivity (Wildman–Crippen MR) is 165 cm³/mol. The fourth-order valence-electron chi connectivity index (χ4n) is 5.36. The normalized spacial score (nSPS) is 13.4. The van der Waals surface area contributed by atoms with Crippen LogP contribution in [0.4, 0.5) is 0 Å². The van der Waals surface area contributed by atoms with Crippen LogP contribution in [0.2, 0.25) is 0 Å². The number of phenols is 2. The number of hydrogen-bond donors (Lipinski definition) is 2. The SMILES string of the molecule is CCCCCCCCSC(C)CC(c1cc(C(C)(C)C)c(O)cc1C)c1cc(C(C)(C)C)c(O)cc1C. The summed E-state index contributed by atoms with van der Waals surface area (Å²) in [5, 5.41) is 22.1. The van der Waals surface area contributed by atoms with Crippen molar-refractivity contribution in [3.63, 3.8) is 0 Å². The monoisotopic (exact) mass is 526 g/mol. The van der Waals surface area contributed by atoms with Crippen LogP contribution in [-0.4, -0.2) is 21.2 Å². The number of hydrogen-bond acceptors (Lipinski definition) is 3. The number of benzene rings is 2. The second-order valence-corrected chi connectivity index (χ2v) is 14.7. The molecule has 2 rings (SSSR count). The molecule has 0 aliphatic carbocycles. The summed E-state index contributed by atoms with van der Waals surface area (Å²) in [6.45, 7) is 21.9. The van der Waals surface area contributed by atoms with E-state index in [1.54, 1.807) is 0 Å². The van der Waals surface area contributed by atoms with Crippen LogP contribution in [0, 0.1) is 13.8 Å². The van der Waals surface area contributed by atoms with Crippen LogP contribution < -0.4 is 0 Å². The highest BCUT2D eigenvalue weighted by Crippen LogP contribution is 2.43. The van der Waals surface area contributed by atoms with Crippen molar-refractivity contribution in [2.24, 2.45) is 0 Å². The first kappa shape index (κ1) is 31.6. The topological polar surface area (TPSA) is 40.5 Å². The summed E-state index contributed by atoms with van der Waals surface area (Å²) in [7, 11) is 0. The highest BCUT2D eigenvalue weighted by Gasteiger charge is 2.28. The Morgan fingerprint density at radius 2 is 1.14 bits per heavy atom. The second kappa shape index (κ2) is 13.5. The molecule has 2 N–H and O–H groups in total. The van der Waals surface area contributed by atoms with E-state index in [0.717, 1.165) is 28.7 Å². The minimum atomic E-state index is -0.143. The Bertz CT molecular complexity index is 940. The maximum Gasteiger partial charge on any atom is 0.119 e. The van der Waals surface area contributed by atoms with E-state index in [9.17, 15) is 10.2 Å². The van der Waals surface area contributed by atoms with E-state index in [0.29, 0.717) is 16.7 Å². The van der Waals surface area contributed by atoms with Gasteiger partial charge in [-0.25, -0.2) is 0 Å². The van der Waals surface area contributed by atoms with Gasteiger partial charge in [0.05, 0.1) is 0 Å². The average molecular weight is 527 g/mol. The van der Waals surface area contributed by atoms with Crippen molar-refractivity contribution in [1.82, 2.24) is 0 Å². The quantitative estimate of drug-likeness (QED) is 0.270. The third-order valence-electron chi connectivity index (χ3n) is 7.60. The molecule has 0 aliphatic rings. The molecule has 2 aromatic carbocycles. The molecule has 0 amide bonds. The fraction of sp³-hybridized carbons (Fsp3) is 0.647. The van der Waals surface area contributed by atoms with Gasteiger partial charge in [0, 0.05) is 11.2 Å². The lowest BCUT2D eigenvalue weighted by Gasteiger charge is -2.30. The molecule has 0 radical (unpaired) electrons. The number of aryl methyl sites for hydroxylation is 2. The molecule has 0 bridgehead atoms. The third kappa shape index (κ3) is 8.98. The van der Waals surface area contributed by atoms with Crippen LogP contribution in [-0.2, 0) is 10.8 Å². The van der Waals surface area contributed by atoms with Crippen molar-refractivity contribution < 1.29 is 10.2 Å². The van der Waals surface area contributed by atoms with Gasteiger partial charge >= 0.3 is 0 Å². The molecule has 0 saturated heterocycles. The molecule has 0 spiro atoms. The van der Waals surface area contributed by atoms with Crippen LogP contribution >= 0.6 is 11.8 Å². The van der Waals surface area contributed by atoms with E-state index in [-0.39, 0.29) is 16.7 Å². The van der Waals surface area contributed by atoms with Crippen LogP contribution in [0.25, 0.3) is 0 Å². The van der Waals surface area contributed by atoms with Crippen molar-refractivity contribution in [2.75, 3.05) is 5.75 Å². The zero-order valence-corrected chi connectivity index (χ0v) is 26.2. The Morgan fingerprint density at radius 1 is 0.703 bits per heavy atom. The van der Waals surface area contributed by atoms with Gasteiger partial charge in [0.1, 0.15) is 11.5 Å². The van der Waals surface area contributed by atoms with E-state index in [1.807, 2.05) is 12.1 Å². The molecule has 0 fully saturated rings. The van der Waals surface area contributed by atoms with E-state index >= 15 is 0 Å². The summed E-state index contributed by atoms with van der Waals surface area (Å²) >= 11 is 2.10. The number of aromatic hydroxyl groups is 2. The van der Waals surface area contributed by atoms with Gasteiger partial charge in [-0.1, -0.05) is 99.6 Å². The molecule has 2 aromatic rings. The lowest BCUT2D eigenvalue weighted by molar-refractivity contribution is 0.445. The molecule has 1 atom stereocenters. The molecule has 3 heteroatoms. The molecule has 0 saturated carbocycles. The Balaban J connectivity index is 2.45. The number of unbranched alkanes of at least 4 members (excludes halogenated alkanes) is 5. The second-order valence-electron chi connectivity index (χ2n) is 13.2. The van der Waals surface area contributed by atoms with E-state index in [4.69, 9.17) is 0 Å². The van der Waals surface area contributed by atoms with Gasteiger partial charge in [0.25, 0.3) is 0 Å². The summed E-state index contributed by atoms with van der Waals surface area (Å²) in [5.74, 6) is 2.19. The molecule has 0 heterocycles. The van der Waals surface area contributed by atoms with Gasteiger partial charge in [-0.3, -0.25) is 0 Å². The van der Waals surface area contributed by atoms with Crippen LogP contribution in [0.15, 0.2) is 24.3 Å². The Labute approximate surface area is 232 Å². The van der Waals surface area contributed by atoms with Crippen molar-refractivity contribution in [1.29, 1.82) is 0 Å². The molecule has 2 nitrogen and oxygen atoms in total. The minimum Gasteiger partial charge on any atom is -0.508 e. The average Bonchev–Trinajstić information content (AvgIpc) is 2.76. The number of rotatable bonds is 12. The summed E-state index contributed by atoms with van der Waals surface area (Å²) in [6, 6.07) is 8.42. The zero-order chi connectivity index (χ0) is 28.0. The highest BCUT2D eigenvalue weighted by atomic mass is 32.2. The summed E-state index contributed by atoms with van der Waals surface area (Å²) < 4.78 is 0. The lowest BCUT2D eigenvalue weighted by atomic mass is 9.76. The van der Waals surface area contributed by atoms with Gasteiger partial charge in [-0.05, 0) is 88.8 Å². The molecule has 37 heavy (non-hydrogen) atoms. The van der Waals surface area contributed by atoms with Gasteiger partial charge < -0.3 is 10.2 Å². The zero-order valence-electron chi connectivity index (χ0n) is 25.4. The summed E-state index contributed by atoms with van der Waals surface area (Å²) in [4.78, 5) is 0. The predicted octanol–water partition coefficient (Wildman–Crippen LogP) is 10.3. The van der Waals surface area contributed by atoms with Crippen molar-refractivity contribution >= 4 is 11.8 Å². The van der Waals surface area contributed by atoms with E-state index in [2.05, 4.69) is 93.1 Å². The molecule has 1 unspecified atom stereocenters. The van der Waals surface area contributed by atoms with Crippen molar-refractivity contribution in [3.05, 3.63) is 57.6 Å². The molecule has 0 aliphatic heterocycles. The van der Waals surface area contributed by atoms with Crippen molar-refractivity contribution in [3.8, 4) is 11.5 Å². The summed E-state index contributed by atoms with van der Waals surface area (Å²) in [5.41, 5.74) is 6.57. The van der Waals surface area contributed by atoms with Gasteiger partial charge in [-0.15, -0.1) is 0 Å². The van der Waals surface area contributed by atoms with Gasteiger partial charge in [-0.2, -0.15) is 11.8 Å². The number of thioether (sulfide) groups is 1. The maximum absolute atomic E-state index is 10.8. The largest absolute Gasteiger partial charge is 0.508 e. The first-order valence-electron chi connectivity index (χ1n) is 14.5. The lowest BCUT2D eigenvalue weighted by Crippen LogP contribution is -2.17. The summed E-state index contributed by atoms with van der Waals surface area (Å²) in [6.07, 6.45) is 9.04. The van der Waals surface area contributed by atoms with Crippen LogP contribution in [0.3, 0.4) is 0 Å². The highest BCUT2D eigenvalue weighted by molar-refractivity contribution is 7.99. The Kier molecular flexibility index (Phi) is 11.5. The van der Waals surface area contributed by atoms with Gasteiger partial charge in [0.15, 0.2) is 0 Å². The molecular formula is C34H54O2S. The molecular weight excluding hydrogens is 472 g/mol. The van der Waals surface area contributed by atoms with Crippen molar-refractivity contribution in [2.45, 2.75) is 136 Å².